The van der Waals surface area contributed by atoms with Crippen LogP contribution >= 0.6 is 0 Å². The molecule has 1 aliphatic rings. The van der Waals surface area contributed by atoms with Crippen LogP contribution in [0.2, 0.25) is 0 Å². The van der Waals surface area contributed by atoms with E-state index in [1.54, 1.807) is 13.0 Å². The fourth-order valence-electron chi connectivity index (χ4n) is 3.79. The molecule has 29 heavy (non-hydrogen) atoms. The Kier molecular flexibility index (Phi) is 7.65. The van der Waals surface area contributed by atoms with Gasteiger partial charge in [-0.3, -0.25) is 4.79 Å². The highest BCUT2D eigenvalue weighted by atomic mass is 32.2. The minimum atomic E-state index is -3.19. The van der Waals surface area contributed by atoms with Crippen molar-refractivity contribution in [2.75, 3.05) is 26.0 Å². The Balaban J connectivity index is 2.11. The Labute approximate surface area is 173 Å². The zero-order valence-electron chi connectivity index (χ0n) is 17.8. The number of piperidine rings is 1. The molecule has 0 radical (unpaired) electrons. The average molecular weight is 426 g/mol. The van der Waals surface area contributed by atoms with E-state index in [0.29, 0.717) is 43.6 Å². The van der Waals surface area contributed by atoms with Gasteiger partial charge in [-0.15, -0.1) is 0 Å². The van der Waals surface area contributed by atoms with E-state index in [1.165, 1.54) is 16.6 Å². The summed E-state index contributed by atoms with van der Waals surface area (Å²) in [6.45, 7) is 9.34. The molecule has 162 valence electrons. The number of nitrogens with zero attached hydrogens (tertiary/aromatic N) is 2. The van der Waals surface area contributed by atoms with Gasteiger partial charge in [0.05, 0.1) is 18.4 Å². The van der Waals surface area contributed by atoms with Crippen LogP contribution in [0.4, 0.5) is 0 Å². The zero-order chi connectivity index (χ0) is 21.8. The van der Waals surface area contributed by atoms with Crippen LogP contribution in [0.15, 0.2) is 6.08 Å². The number of esters is 1. The monoisotopic (exact) mass is 425 g/mol. The molecule has 0 aromatic carbocycles. The molecule has 0 saturated carbocycles. The first-order valence-corrected chi connectivity index (χ1v) is 11.7. The lowest BCUT2D eigenvalue weighted by Crippen LogP contribution is -2.45. The number of carbonyl (C=O) groups excluding carboxylic acids is 2. The standard InChI is InChI=1S/C20H31N3O5S/c1-6-23-14(3)17(19(15(23)4)20(25)28-7-2)8-9-18(24)21-16-10-12-22(13-11-16)29(5,26)27/h8-9,16H,6-7,10-13H2,1-5H3,(H,21,24). The molecule has 8 nitrogen and oxygen atoms in total. The van der Waals surface area contributed by atoms with Crippen molar-refractivity contribution < 1.29 is 22.7 Å². The van der Waals surface area contributed by atoms with Crippen molar-refractivity contribution in [3.8, 4) is 0 Å². The molecule has 0 unspecified atom stereocenters. The molecule has 2 rings (SSSR count). The predicted molar refractivity (Wildman–Crippen MR) is 112 cm³/mol. The molecule has 1 aliphatic heterocycles. The number of aromatic nitrogens is 1. The van der Waals surface area contributed by atoms with Gasteiger partial charge in [-0.05, 0) is 46.6 Å². The summed E-state index contributed by atoms with van der Waals surface area (Å²) in [5.74, 6) is -0.660. The van der Waals surface area contributed by atoms with E-state index in [0.717, 1.165) is 11.4 Å². The molecule has 1 amide bonds. The van der Waals surface area contributed by atoms with Crippen molar-refractivity contribution in [3.63, 3.8) is 0 Å². The molecule has 0 atom stereocenters. The second kappa shape index (κ2) is 9.58. The number of amides is 1. The molecule has 1 aromatic heterocycles. The van der Waals surface area contributed by atoms with Crippen molar-refractivity contribution in [1.29, 1.82) is 0 Å². The minimum absolute atomic E-state index is 0.0715. The van der Waals surface area contributed by atoms with Gasteiger partial charge >= 0.3 is 5.97 Å². The fourth-order valence-corrected chi connectivity index (χ4v) is 4.66. The lowest BCUT2D eigenvalue weighted by atomic mass is 10.1. The quantitative estimate of drug-likeness (QED) is 0.531. The third-order valence-corrected chi connectivity index (χ3v) is 6.60. The van der Waals surface area contributed by atoms with Gasteiger partial charge < -0.3 is 14.6 Å². The van der Waals surface area contributed by atoms with Gasteiger partial charge in [0.25, 0.3) is 0 Å². The maximum atomic E-state index is 12.4. The van der Waals surface area contributed by atoms with Crippen molar-refractivity contribution in [2.24, 2.45) is 0 Å². The van der Waals surface area contributed by atoms with Gasteiger partial charge in [-0.1, -0.05) is 0 Å². The number of carbonyl (C=O) groups is 2. The molecular formula is C20H31N3O5S. The van der Waals surface area contributed by atoms with Crippen molar-refractivity contribution >= 4 is 28.0 Å². The molecule has 0 spiro atoms. The first-order valence-electron chi connectivity index (χ1n) is 9.90. The Morgan fingerprint density at radius 1 is 1.17 bits per heavy atom. The number of nitrogens with one attached hydrogen (secondary N) is 1. The molecular weight excluding hydrogens is 394 g/mol. The van der Waals surface area contributed by atoms with Gasteiger partial charge in [-0.2, -0.15) is 0 Å². The predicted octanol–water partition coefficient (Wildman–Crippen LogP) is 1.85. The van der Waals surface area contributed by atoms with Gasteiger partial charge in [0.2, 0.25) is 15.9 Å². The van der Waals surface area contributed by atoms with E-state index in [-0.39, 0.29) is 18.6 Å². The smallest absolute Gasteiger partial charge is 0.340 e. The number of sulfonamides is 1. The molecule has 1 N–H and O–H groups in total. The molecule has 1 aromatic rings. The first kappa shape index (κ1) is 23.2. The topological polar surface area (TPSA) is 97.7 Å². The SMILES string of the molecule is CCOC(=O)c1c(C=CC(=O)NC2CCN(S(C)(=O)=O)CC2)c(C)n(CC)c1C. The second-order valence-electron chi connectivity index (χ2n) is 7.20. The zero-order valence-corrected chi connectivity index (χ0v) is 18.6. The highest BCUT2D eigenvalue weighted by Crippen LogP contribution is 2.25. The van der Waals surface area contributed by atoms with Crippen LogP contribution in [-0.4, -0.2) is 61.2 Å². The van der Waals surface area contributed by atoms with Crippen LogP contribution < -0.4 is 5.32 Å². The third kappa shape index (κ3) is 5.48. The van der Waals surface area contributed by atoms with E-state index < -0.39 is 16.0 Å². The highest BCUT2D eigenvalue weighted by molar-refractivity contribution is 7.88. The van der Waals surface area contributed by atoms with E-state index in [4.69, 9.17) is 4.74 Å². The normalized spacial score (nSPS) is 16.3. The summed E-state index contributed by atoms with van der Waals surface area (Å²) in [6, 6.07) is -0.0715. The van der Waals surface area contributed by atoms with Crippen molar-refractivity contribution in [2.45, 2.75) is 53.1 Å². The van der Waals surface area contributed by atoms with Gasteiger partial charge in [0, 0.05) is 48.7 Å². The van der Waals surface area contributed by atoms with Crippen LogP contribution in [-0.2, 0) is 26.1 Å². The number of hydrogen-bond donors (Lipinski definition) is 1. The number of ether oxygens (including phenoxy) is 1. The number of rotatable bonds is 7. The summed E-state index contributed by atoms with van der Waals surface area (Å²) >= 11 is 0. The molecule has 1 saturated heterocycles. The number of hydrogen-bond acceptors (Lipinski definition) is 5. The first-order chi connectivity index (χ1) is 13.6. The Morgan fingerprint density at radius 2 is 1.79 bits per heavy atom. The molecule has 0 bridgehead atoms. The highest BCUT2D eigenvalue weighted by Gasteiger charge is 2.26. The maximum Gasteiger partial charge on any atom is 0.340 e. The van der Waals surface area contributed by atoms with Crippen LogP contribution in [0.25, 0.3) is 6.08 Å². The van der Waals surface area contributed by atoms with Gasteiger partial charge in [0.1, 0.15) is 0 Å². The van der Waals surface area contributed by atoms with Crippen LogP contribution in [0, 0.1) is 13.8 Å². The molecule has 1 fully saturated rings. The Bertz CT molecular complexity index is 894. The van der Waals surface area contributed by atoms with E-state index in [9.17, 15) is 18.0 Å². The fraction of sp³-hybridized carbons (Fsp3) is 0.600. The Hall–Kier alpha value is -2.13. The average Bonchev–Trinajstić information content (AvgIpc) is 2.89. The van der Waals surface area contributed by atoms with Gasteiger partial charge in [0.15, 0.2) is 0 Å². The van der Waals surface area contributed by atoms with E-state index in [2.05, 4.69) is 5.32 Å². The molecule has 2 heterocycles. The van der Waals surface area contributed by atoms with Crippen LogP contribution in [0.3, 0.4) is 0 Å². The lowest BCUT2D eigenvalue weighted by Gasteiger charge is -2.30. The minimum Gasteiger partial charge on any atom is -0.462 e. The summed E-state index contributed by atoms with van der Waals surface area (Å²) in [5.41, 5.74) is 2.89. The lowest BCUT2D eigenvalue weighted by molar-refractivity contribution is -0.117. The summed E-state index contributed by atoms with van der Waals surface area (Å²) in [6.07, 6.45) is 5.42. The van der Waals surface area contributed by atoms with E-state index >= 15 is 0 Å². The summed E-state index contributed by atoms with van der Waals surface area (Å²) in [7, 11) is -3.19. The van der Waals surface area contributed by atoms with Gasteiger partial charge in [-0.25, -0.2) is 17.5 Å². The van der Waals surface area contributed by atoms with Crippen molar-refractivity contribution in [3.05, 3.63) is 28.6 Å². The second-order valence-corrected chi connectivity index (χ2v) is 9.18. The molecule has 0 aliphatic carbocycles. The molecule has 9 heteroatoms. The van der Waals surface area contributed by atoms with Crippen molar-refractivity contribution in [1.82, 2.24) is 14.2 Å². The maximum absolute atomic E-state index is 12.4. The van der Waals surface area contributed by atoms with E-state index in [1.807, 2.05) is 25.3 Å². The summed E-state index contributed by atoms with van der Waals surface area (Å²) in [5, 5.41) is 2.92. The van der Waals surface area contributed by atoms with Crippen LogP contribution in [0.1, 0.15) is 54.0 Å². The summed E-state index contributed by atoms with van der Waals surface area (Å²) < 4.78 is 31.8. The van der Waals surface area contributed by atoms with Crippen LogP contribution in [0.5, 0.6) is 0 Å². The summed E-state index contributed by atoms with van der Waals surface area (Å²) in [4.78, 5) is 24.8. The third-order valence-electron chi connectivity index (χ3n) is 5.30. The largest absolute Gasteiger partial charge is 0.462 e. The Morgan fingerprint density at radius 3 is 2.31 bits per heavy atom.